The van der Waals surface area contributed by atoms with Crippen LogP contribution in [0.1, 0.15) is 16.8 Å². The monoisotopic (exact) mass is 397 g/mol. The minimum absolute atomic E-state index is 0.0950. The van der Waals surface area contributed by atoms with E-state index >= 15 is 0 Å². The highest BCUT2D eigenvalue weighted by molar-refractivity contribution is 7.98. The van der Waals surface area contributed by atoms with Crippen molar-refractivity contribution >= 4 is 29.0 Å². The number of benzene rings is 1. The summed E-state index contributed by atoms with van der Waals surface area (Å²) in [5.74, 6) is 0.512. The summed E-state index contributed by atoms with van der Waals surface area (Å²) in [6.07, 6.45) is 3.39. The quantitative estimate of drug-likeness (QED) is 0.489. The van der Waals surface area contributed by atoms with E-state index in [0.717, 1.165) is 16.8 Å². The van der Waals surface area contributed by atoms with Gasteiger partial charge in [0, 0.05) is 23.0 Å². The lowest BCUT2D eigenvalue weighted by Crippen LogP contribution is -2.15. The number of thioether (sulfide) groups is 1. The first-order valence-corrected chi connectivity index (χ1v) is 9.66. The molecule has 3 heterocycles. The standard InChI is InChI=1S/C19H16ClN5OS/c1-12-5-6-24-17(7-12)22-14(8-18(24)26)10-27-19-23-21-11-25(19)15-4-3-13(2)16(20)9-15/h3-9,11H,10H2,1-2H3. The molecule has 0 fully saturated rings. The van der Waals surface area contributed by atoms with Crippen LogP contribution < -0.4 is 5.56 Å². The minimum atomic E-state index is -0.0950. The molecular formula is C19H16ClN5OS. The summed E-state index contributed by atoms with van der Waals surface area (Å²) in [5.41, 5.74) is 4.21. The molecule has 3 aromatic heterocycles. The molecule has 0 unspecified atom stereocenters. The SMILES string of the molecule is Cc1ccn2c(=O)cc(CSc3nncn3-c3ccc(C)c(Cl)c3)nc2c1. The van der Waals surface area contributed by atoms with Crippen molar-refractivity contribution in [2.24, 2.45) is 0 Å². The molecule has 0 bridgehead atoms. The third-order valence-electron chi connectivity index (χ3n) is 4.17. The fourth-order valence-corrected chi connectivity index (χ4v) is 3.69. The van der Waals surface area contributed by atoms with Crippen molar-refractivity contribution in [3.63, 3.8) is 0 Å². The Morgan fingerprint density at radius 1 is 1.15 bits per heavy atom. The van der Waals surface area contributed by atoms with Crippen LogP contribution >= 0.6 is 23.4 Å². The summed E-state index contributed by atoms with van der Waals surface area (Å²) in [4.78, 5) is 16.9. The van der Waals surface area contributed by atoms with E-state index in [-0.39, 0.29) is 5.56 Å². The Bertz CT molecular complexity index is 1200. The lowest BCUT2D eigenvalue weighted by Gasteiger charge is -2.08. The maximum absolute atomic E-state index is 12.3. The average Bonchev–Trinajstić information content (AvgIpc) is 3.10. The molecule has 0 amide bonds. The number of hydrogen-bond donors (Lipinski definition) is 0. The van der Waals surface area contributed by atoms with Gasteiger partial charge in [0.2, 0.25) is 0 Å². The van der Waals surface area contributed by atoms with Crippen molar-refractivity contribution in [1.29, 1.82) is 0 Å². The summed E-state index contributed by atoms with van der Waals surface area (Å²) >= 11 is 7.70. The maximum atomic E-state index is 12.3. The molecule has 0 radical (unpaired) electrons. The third-order valence-corrected chi connectivity index (χ3v) is 5.56. The van der Waals surface area contributed by atoms with Gasteiger partial charge in [-0.15, -0.1) is 10.2 Å². The van der Waals surface area contributed by atoms with Gasteiger partial charge in [-0.25, -0.2) is 4.98 Å². The van der Waals surface area contributed by atoms with E-state index in [1.807, 2.05) is 48.7 Å². The molecule has 0 aliphatic heterocycles. The predicted octanol–water partition coefficient (Wildman–Crippen LogP) is 3.84. The lowest BCUT2D eigenvalue weighted by atomic mass is 10.2. The Morgan fingerprint density at radius 2 is 2.00 bits per heavy atom. The van der Waals surface area contributed by atoms with E-state index in [1.165, 1.54) is 16.2 Å². The van der Waals surface area contributed by atoms with E-state index in [4.69, 9.17) is 11.6 Å². The van der Waals surface area contributed by atoms with Crippen LogP contribution in [0.4, 0.5) is 0 Å². The van der Waals surface area contributed by atoms with Gasteiger partial charge in [0.25, 0.3) is 5.56 Å². The molecule has 136 valence electrons. The smallest absolute Gasteiger partial charge is 0.258 e. The molecule has 8 heteroatoms. The highest BCUT2D eigenvalue weighted by Gasteiger charge is 2.10. The topological polar surface area (TPSA) is 65.1 Å². The minimum Gasteiger partial charge on any atom is -0.277 e. The first-order chi connectivity index (χ1) is 13.0. The number of fused-ring (bicyclic) bond motifs is 1. The van der Waals surface area contributed by atoms with Crippen LogP contribution in [0, 0.1) is 13.8 Å². The second-order valence-electron chi connectivity index (χ2n) is 6.22. The number of aromatic nitrogens is 5. The fraction of sp³-hybridized carbons (Fsp3) is 0.158. The highest BCUT2D eigenvalue weighted by Crippen LogP contribution is 2.25. The molecule has 0 N–H and O–H groups in total. The van der Waals surface area contributed by atoms with Crippen molar-refractivity contribution in [1.82, 2.24) is 24.1 Å². The summed E-state index contributed by atoms with van der Waals surface area (Å²) in [6, 6.07) is 11.1. The molecule has 0 aliphatic carbocycles. The Kier molecular flexibility index (Phi) is 4.72. The average molecular weight is 398 g/mol. The zero-order valence-corrected chi connectivity index (χ0v) is 16.3. The number of halogens is 1. The van der Waals surface area contributed by atoms with Crippen LogP contribution in [0.2, 0.25) is 5.02 Å². The van der Waals surface area contributed by atoms with Crippen LogP contribution in [0.3, 0.4) is 0 Å². The zero-order valence-electron chi connectivity index (χ0n) is 14.8. The molecule has 4 rings (SSSR count). The largest absolute Gasteiger partial charge is 0.277 e. The first-order valence-electron chi connectivity index (χ1n) is 8.29. The van der Waals surface area contributed by atoms with Gasteiger partial charge in [0.1, 0.15) is 12.0 Å². The zero-order chi connectivity index (χ0) is 19.0. The van der Waals surface area contributed by atoms with Crippen LogP contribution in [0.5, 0.6) is 0 Å². The summed E-state index contributed by atoms with van der Waals surface area (Å²) < 4.78 is 3.41. The third kappa shape index (κ3) is 3.61. The van der Waals surface area contributed by atoms with Gasteiger partial charge in [-0.3, -0.25) is 13.8 Å². The Hall–Kier alpha value is -2.64. The van der Waals surface area contributed by atoms with Crippen LogP contribution in [-0.2, 0) is 5.75 Å². The molecule has 6 nitrogen and oxygen atoms in total. The number of hydrogen-bond acceptors (Lipinski definition) is 5. The first kappa shape index (κ1) is 17.8. The van der Waals surface area contributed by atoms with Gasteiger partial charge < -0.3 is 0 Å². The Labute approximate surface area is 164 Å². The Balaban J connectivity index is 1.61. The molecule has 27 heavy (non-hydrogen) atoms. The molecule has 0 spiro atoms. The number of pyridine rings is 1. The second kappa shape index (κ2) is 7.17. The van der Waals surface area contributed by atoms with Crippen molar-refractivity contribution in [2.45, 2.75) is 24.8 Å². The van der Waals surface area contributed by atoms with E-state index < -0.39 is 0 Å². The Morgan fingerprint density at radius 3 is 2.81 bits per heavy atom. The number of aryl methyl sites for hydroxylation is 2. The van der Waals surface area contributed by atoms with Gasteiger partial charge in [-0.05, 0) is 49.2 Å². The molecule has 0 aliphatic rings. The van der Waals surface area contributed by atoms with E-state index in [9.17, 15) is 4.79 Å². The maximum Gasteiger partial charge on any atom is 0.258 e. The predicted molar refractivity (Wildman–Crippen MR) is 107 cm³/mol. The highest BCUT2D eigenvalue weighted by atomic mass is 35.5. The summed E-state index contributed by atoms with van der Waals surface area (Å²) in [6.45, 7) is 3.93. The molecule has 1 aromatic carbocycles. The summed E-state index contributed by atoms with van der Waals surface area (Å²) in [7, 11) is 0. The second-order valence-corrected chi connectivity index (χ2v) is 7.57. The molecule has 4 aromatic rings. The van der Waals surface area contributed by atoms with Crippen LogP contribution in [0.15, 0.2) is 58.9 Å². The van der Waals surface area contributed by atoms with Gasteiger partial charge >= 0.3 is 0 Å². The fourth-order valence-electron chi connectivity index (χ4n) is 2.70. The van der Waals surface area contributed by atoms with Gasteiger partial charge in [-0.1, -0.05) is 29.4 Å². The van der Waals surface area contributed by atoms with Gasteiger partial charge in [0.15, 0.2) is 5.16 Å². The van der Waals surface area contributed by atoms with Gasteiger partial charge in [0.05, 0.1) is 11.4 Å². The molecular weight excluding hydrogens is 382 g/mol. The van der Waals surface area contributed by atoms with Crippen molar-refractivity contribution in [3.8, 4) is 5.69 Å². The summed E-state index contributed by atoms with van der Waals surface area (Å²) in [5, 5.41) is 9.59. The van der Waals surface area contributed by atoms with E-state index in [1.54, 1.807) is 18.6 Å². The number of rotatable bonds is 4. The molecule has 0 saturated heterocycles. The van der Waals surface area contributed by atoms with Crippen molar-refractivity contribution in [2.75, 3.05) is 0 Å². The normalized spacial score (nSPS) is 11.2. The van der Waals surface area contributed by atoms with Crippen LogP contribution in [-0.4, -0.2) is 24.1 Å². The van der Waals surface area contributed by atoms with Crippen LogP contribution in [0.25, 0.3) is 11.3 Å². The molecule has 0 atom stereocenters. The van der Waals surface area contributed by atoms with E-state index in [0.29, 0.717) is 27.3 Å². The van der Waals surface area contributed by atoms with E-state index in [2.05, 4.69) is 15.2 Å². The lowest BCUT2D eigenvalue weighted by molar-refractivity contribution is 0.882. The number of nitrogens with zero attached hydrogens (tertiary/aromatic N) is 5. The van der Waals surface area contributed by atoms with Crippen molar-refractivity contribution in [3.05, 3.63) is 81.1 Å². The van der Waals surface area contributed by atoms with Crippen molar-refractivity contribution < 1.29 is 0 Å². The van der Waals surface area contributed by atoms with Gasteiger partial charge in [-0.2, -0.15) is 0 Å². The molecule has 0 saturated carbocycles.